The van der Waals surface area contributed by atoms with Gasteiger partial charge < -0.3 is 0 Å². The zero-order chi connectivity index (χ0) is 18.6. The maximum absolute atomic E-state index is 6.10. The summed E-state index contributed by atoms with van der Waals surface area (Å²) in [7, 11) is 0. The Balaban J connectivity index is 1.73. The van der Waals surface area contributed by atoms with Gasteiger partial charge in [0.1, 0.15) is 5.69 Å². The first-order valence-electron chi connectivity index (χ1n) is 8.52. The SMILES string of the molecule is Cc1ccc(-n2c(SCc3cccc(Cl)c3)nnc2-c2ccccn2)cc1. The lowest BCUT2D eigenvalue weighted by atomic mass is 10.2. The molecule has 0 fully saturated rings. The summed E-state index contributed by atoms with van der Waals surface area (Å²) in [6.45, 7) is 2.07. The average molecular weight is 393 g/mol. The van der Waals surface area contributed by atoms with Crippen LogP contribution in [0.5, 0.6) is 0 Å². The van der Waals surface area contributed by atoms with Crippen molar-refractivity contribution in [1.29, 1.82) is 0 Å². The molecular formula is C21H17ClN4S. The first-order valence-corrected chi connectivity index (χ1v) is 9.88. The standard InChI is InChI=1S/C21H17ClN4S/c1-15-8-10-18(11-9-15)26-20(19-7-2-3-12-23-19)24-25-21(26)27-14-16-5-4-6-17(22)13-16/h2-13H,14H2,1H3. The van der Waals surface area contributed by atoms with Crippen molar-refractivity contribution < 1.29 is 0 Å². The van der Waals surface area contributed by atoms with Gasteiger partial charge in [0.25, 0.3) is 0 Å². The van der Waals surface area contributed by atoms with Crippen molar-refractivity contribution in [3.63, 3.8) is 0 Å². The minimum Gasteiger partial charge on any atom is -0.269 e. The van der Waals surface area contributed by atoms with Gasteiger partial charge in [-0.2, -0.15) is 0 Å². The van der Waals surface area contributed by atoms with E-state index < -0.39 is 0 Å². The molecule has 4 aromatic rings. The van der Waals surface area contributed by atoms with Crippen LogP contribution in [-0.4, -0.2) is 19.7 Å². The molecular weight excluding hydrogens is 376 g/mol. The minimum atomic E-state index is 0.730. The van der Waals surface area contributed by atoms with E-state index in [-0.39, 0.29) is 0 Å². The van der Waals surface area contributed by atoms with Crippen molar-refractivity contribution in [2.24, 2.45) is 0 Å². The summed E-state index contributed by atoms with van der Waals surface area (Å²) < 4.78 is 2.05. The van der Waals surface area contributed by atoms with Crippen LogP contribution in [0.1, 0.15) is 11.1 Å². The zero-order valence-electron chi connectivity index (χ0n) is 14.7. The van der Waals surface area contributed by atoms with Gasteiger partial charge in [0, 0.05) is 22.7 Å². The topological polar surface area (TPSA) is 43.6 Å². The molecule has 4 rings (SSSR count). The van der Waals surface area contributed by atoms with Crippen LogP contribution in [0.25, 0.3) is 17.2 Å². The highest BCUT2D eigenvalue weighted by molar-refractivity contribution is 7.98. The predicted molar refractivity (Wildman–Crippen MR) is 110 cm³/mol. The van der Waals surface area contributed by atoms with Crippen LogP contribution in [0, 0.1) is 6.92 Å². The number of pyridine rings is 1. The molecule has 0 saturated carbocycles. The van der Waals surface area contributed by atoms with Crippen molar-refractivity contribution in [3.8, 4) is 17.2 Å². The van der Waals surface area contributed by atoms with Crippen molar-refractivity contribution >= 4 is 23.4 Å². The van der Waals surface area contributed by atoms with E-state index in [0.29, 0.717) is 0 Å². The summed E-state index contributed by atoms with van der Waals surface area (Å²) in [5, 5.41) is 10.4. The second kappa shape index (κ2) is 7.94. The van der Waals surface area contributed by atoms with E-state index in [1.165, 1.54) is 5.56 Å². The van der Waals surface area contributed by atoms with Crippen LogP contribution in [0.15, 0.2) is 78.1 Å². The number of nitrogens with zero attached hydrogens (tertiary/aromatic N) is 4. The van der Waals surface area contributed by atoms with E-state index in [9.17, 15) is 0 Å². The van der Waals surface area contributed by atoms with Gasteiger partial charge in [0.05, 0.1) is 0 Å². The van der Waals surface area contributed by atoms with Gasteiger partial charge in [-0.1, -0.05) is 59.3 Å². The normalized spacial score (nSPS) is 10.9. The van der Waals surface area contributed by atoms with Crippen LogP contribution >= 0.6 is 23.4 Å². The maximum Gasteiger partial charge on any atom is 0.196 e. The first-order chi connectivity index (χ1) is 13.2. The lowest BCUT2D eigenvalue weighted by Crippen LogP contribution is -2.00. The third-order valence-corrected chi connectivity index (χ3v) is 5.31. The third kappa shape index (κ3) is 4.04. The summed E-state index contributed by atoms with van der Waals surface area (Å²) in [5.41, 5.74) is 4.16. The molecule has 27 heavy (non-hydrogen) atoms. The van der Waals surface area contributed by atoms with E-state index >= 15 is 0 Å². The highest BCUT2D eigenvalue weighted by atomic mass is 35.5. The Labute approximate surface area is 167 Å². The Hall–Kier alpha value is -2.63. The Bertz CT molecular complexity index is 1050. The van der Waals surface area contributed by atoms with Gasteiger partial charge in [-0.05, 0) is 48.9 Å². The highest BCUT2D eigenvalue weighted by Crippen LogP contribution is 2.29. The maximum atomic E-state index is 6.10. The summed E-state index contributed by atoms with van der Waals surface area (Å²) in [4.78, 5) is 4.45. The van der Waals surface area contributed by atoms with E-state index in [0.717, 1.165) is 38.7 Å². The van der Waals surface area contributed by atoms with E-state index in [1.807, 2.05) is 36.4 Å². The molecule has 0 aliphatic rings. The van der Waals surface area contributed by atoms with E-state index in [1.54, 1.807) is 18.0 Å². The van der Waals surface area contributed by atoms with Crippen LogP contribution in [0.4, 0.5) is 0 Å². The molecule has 0 aliphatic heterocycles. The number of aromatic nitrogens is 4. The van der Waals surface area contributed by atoms with E-state index in [2.05, 4.69) is 57.0 Å². The van der Waals surface area contributed by atoms with E-state index in [4.69, 9.17) is 11.6 Å². The predicted octanol–water partition coefficient (Wildman–Crippen LogP) is 5.58. The molecule has 0 atom stereocenters. The number of thioether (sulfide) groups is 1. The quantitative estimate of drug-likeness (QED) is 0.415. The summed E-state index contributed by atoms with van der Waals surface area (Å²) in [5.74, 6) is 1.49. The fourth-order valence-electron chi connectivity index (χ4n) is 2.73. The largest absolute Gasteiger partial charge is 0.269 e. The molecule has 4 nitrogen and oxygen atoms in total. The van der Waals surface area contributed by atoms with Crippen molar-refractivity contribution in [1.82, 2.24) is 19.7 Å². The van der Waals surface area contributed by atoms with Gasteiger partial charge in [0.15, 0.2) is 11.0 Å². The summed E-state index contributed by atoms with van der Waals surface area (Å²) in [6, 6.07) is 22.0. The Morgan fingerprint density at radius 1 is 0.963 bits per heavy atom. The highest BCUT2D eigenvalue weighted by Gasteiger charge is 2.17. The molecule has 2 aromatic heterocycles. The summed E-state index contributed by atoms with van der Waals surface area (Å²) in [6.07, 6.45) is 1.77. The molecule has 0 unspecified atom stereocenters. The zero-order valence-corrected chi connectivity index (χ0v) is 16.3. The third-order valence-electron chi connectivity index (χ3n) is 4.08. The molecule has 0 amide bonds. The van der Waals surface area contributed by atoms with Gasteiger partial charge in [-0.3, -0.25) is 9.55 Å². The second-order valence-corrected chi connectivity index (χ2v) is 7.49. The molecule has 0 radical (unpaired) electrons. The molecule has 0 saturated heterocycles. The Morgan fingerprint density at radius 2 is 1.81 bits per heavy atom. The first kappa shape index (κ1) is 17.8. The lowest BCUT2D eigenvalue weighted by Gasteiger charge is -2.10. The van der Waals surface area contributed by atoms with Crippen molar-refractivity contribution in [3.05, 3.63) is 89.1 Å². The average Bonchev–Trinajstić information content (AvgIpc) is 3.12. The van der Waals surface area contributed by atoms with Gasteiger partial charge in [-0.25, -0.2) is 0 Å². The molecule has 0 bridgehead atoms. The number of hydrogen-bond acceptors (Lipinski definition) is 4. The minimum absolute atomic E-state index is 0.730. The van der Waals surface area contributed by atoms with Crippen LogP contribution < -0.4 is 0 Å². The number of halogens is 1. The fourth-order valence-corrected chi connectivity index (χ4v) is 3.83. The fraction of sp³-hybridized carbons (Fsp3) is 0.0952. The molecule has 6 heteroatoms. The van der Waals surface area contributed by atoms with Gasteiger partial charge in [-0.15, -0.1) is 10.2 Å². The number of hydrogen-bond donors (Lipinski definition) is 0. The Kier molecular flexibility index (Phi) is 5.23. The monoisotopic (exact) mass is 392 g/mol. The van der Waals surface area contributed by atoms with Crippen molar-refractivity contribution in [2.45, 2.75) is 17.8 Å². The van der Waals surface area contributed by atoms with Crippen molar-refractivity contribution in [2.75, 3.05) is 0 Å². The lowest BCUT2D eigenvalue weighted by molar-refractivity contribution is 0.884. The second-order valence-electron chi connectivity index (χ2n) is 6.11. The number of aryl methyl sites for hydroxylation is 1. The smallest absolute Gasteiger partial charge is 0.196 e. The molecule has 134 valence electrons. The van der Waals surface area contributed by atoms with Crippen LogP contribution in [0.3, 0.4) is 0 Å². The van der Waals surface area contributed by atoms with Crippen LogP contribution in [-0.2, 0) is 5.75 Å². The molecule has 0 N–H and O–H groups in total. The molecule has 0 spiro atoms. The van der Waals surface area contributed by atoms with Gasteiger partial charge in [0.2, 0.25) is 0 Å². The molecule has 2 heterocycles. The summed E-state index contributed by atoms with van der Waals surface area (Å²) >= 11 is 7.73. The Morgan fingerprint density at radius 3 is 2.56 bits per heavy atom. The number of benzene rings is 2. The molecule has 0 aliphatic carbocycles. The van der Waals surface area contributed by atoms with Gasteiger partial charge >= 0.3 is 0 Å². The van der Waals surface area contributed by atoms with Crippen LogP contribution in [0.2, 0.25) is 5.02 Å². The molecule has 2 aromatic carbocycles. The number of rotatable bonds is 5.